The number of aliphatic carboxylic acids is 1. The molecule has 1 amide bonds. The molecule has 1 aromatic heterocycles. The van der Waals surface area contributed by atoms with E-state index in [2.05, 4.69) is 4.98 Å². The van der Waals surface area contributed by atoms with Crippen LogP contribution in [-0.2, 0) is 16.1 Å². The van der Waals surface area contributed by atoms with Gasteiger partial charge in [0.2, 0.25) is 5.91 Å². The molecule has 0 radical (unpaired) electrons. The summed E-state index contributed by atoms with van der Waals surface area (Å²) in [6.45, 7) is 0.250. The van der Waals surface area contributed by atoms with Crippen molar-refractivity contribution in [1.82, 2.24) is 4.98 Å². The lowest BCUT2D eigenvalue weighted by Gasteiger charge is -2.32. The Morgan fingerprint density at radius 3 is 2.78 bits per heavy atom. The van der Waals surface area contributed by atoms with E-state index >= 15 is 0 Å². The number of amides is 1. The fraction of sp³-hybridized carbons (Fsp3) is 0.167. The van der Waals surface area contributed by atoms with Crippen molar-refractivity contribution in [3.8, 4) is 0 Å². The molecule has 1 unspecified atom stereocenters. The van der Waals surface area contributed by atoms with Gasteiger partial charge in [-0.3, -0.25) is 9.59 Å². The molecule has 3 aromatic rings. The number of benzene rings is 2. The van der Waals surface area contributed by atoms with Crippen LogP contribution in [-0.4, -0.2) is 27.2 Å². The van der Waals surface area contributed by atoms with E-state index in [0.29, 0.717) is 20.6 Å². The lowest BCUT2D eigenvalue weighted by molar-refractivity contribution is -0.138. The number of hydrogen-bond donors (Lipinski definition) is 1. The number of fused-ring (bicyclic) bond motifs is 2. The second-order valence-electron chi connectivity index (χ2n) is 5.91. The van der Waals surface area contributed by atoms with Crippen LogP contribution in [0.25, 0.3) is 10.2 Å². The van der Waals surface area contributed by atoms with Gasteiger partial charge in [-0.15, -0.1) is 23.1 Å². The maximum atomic E-state index is 12.9. The lowest BCUT2D eigenvalue weighted by atomic mass is 10.2. The molecule has 0 saturated carbocycles. The fourth-order valence-electron chi connectivity index (χ4n) is 2.91. The monoisotopic (exact) mass is 438 g/mol. The number of halogens is 2. The van der Waals surface area contributed by atoms with Crippen LogP contribution < -0.4 is 4.90 Å². The van der Waals surface area contributed by atoms with Gasteiger partial charge in [-0.25, -0.2) is 4.98 Å². The van der Waals surface area contributed by atoms with Gasteiger partial charge in [0.25, 0.3) is 0 Å². The number of para-hydroxylation sites is 1. The van der Waals surface area contributed by atoms with E-state index in [-0.39, 0.29) is 18.9 Å². The third-order valence-electron chi connectivity index (χ3n) is 4.12. The summed E-state index contributed by atoms with van der Waals surface area (Å²) in [7, 11) is 0. The molecule has 1 aliphatic rings. The number of carboxylic acid groups (broad SMARTS) is 1. The summed E-state index contributed by atoms with van der Waals surface area (Å²) in [6.07, 6.45) is -0.227. The molecule has 1 N–H and O–H groups in total. The smallest absolute Gasteiger partial charge is 0.305 e. The number of carbonyl (C=O) groups excluding carboxylic acids is 1. The van der Waals surface area contributed by atoms with Gasteiger partial charge in [-0.1, -0.05) is 35.3 Å². The Hall–Kier alpha value is -1.80. The summed E-state index contributed by atoms with van der Waals surface area (Å²) in [4.78, 5) is 31.1. The van der Waals surface area contributed by atoms with Crippen LogP contribution >= 0.6 is 46.3 Å². The normalized spacial score (nSPS) is 16.6. The molecule has 1 aliphatic heterocycles. The molecule has 4 rings (SSSR count). The fourth-order valence-corrected chi connectivity index (χ4v) is 5.51. The number of carbonyl (C=O) groups is 2. The Labute approximate surface area is 172 Å². The third-order valence-corrected chi connectivity index (χ3v) is 7.17. The van der Waals surface area contributed by atoms with Crippen LogP contribution in [0.1, 0.15) is 11.4 Å². The van der Waals surface area contributed by atoms with Crippen molar-refractivity contribution in [2.24, 2.45) is 0 Å². The molecule has 9 heteroatoms. The van der Waals surface area contributed by atoms with Crippen LogP contribution in [0.15, 0.2) is 41.3 Å². The van der Waals surface area contributed by atoms with Gasteiger partial charge in [0.05, 0.1) is 38.6 Å². The van der Waals surface area contributed by atoms with Gasteiger partial charge in [0, 0.05) is 4.90 Å². The van der Waals surface area contributed by atoms with Gasteiger partial charge in [0.1, 0.15) is 10.5 Å². The Morgan fingerprint density at radius 2 is 2.00 bits per heavy atom. The number of carboxylic acids is 1. The van der Waals surface area contributed by atoms with Crippen molar-refractivity contribution in [3.63, 3.8) is 0 Å². The summed E-state index contributed by atoms with van der Waals surface area (Å²) in [5.41, 5.74) is 1.37. The predicted octanol–water partition coefficient (Wildman–Crippen LogP) is 5.09. The molecule has 5 nitrogen and oxygen atoms in total. The average Bonchev–Trinajstić information content (AvgIpc) is 3.05. The number of aromatic nitrogens is 1. The second kappa shape index (κ2) is 7.31. The highest BCUT2D eigenvalue weighted by molar-refractivity contribution is 8.01. The maximum Gasteiger partial charge on any atom is 0.305 e. The van der Waals surface area contributed by atoms with E-state index in [9.17, 15) is 9.59 Å². The molecule has 0 aliphatic carbocycles. The zero-order valence-corrected chi connectivity index (χ0v) is 16.8. The molecule has 138 valence electrons. The molecular formula is C18H12Cl2N2O3S2. The lowest BCUT2D eigenvalue weighted by Crippen LogP contribution is -2.41. The SMILES string of the molecule is O=C(O)CC1Sc2ccccc2N(Cc2nc3c(Cl)c(Cl)ccc3s2)C1=O. The van der Waals surface area contributed by atoms with E-state index in [4.69, 9.17) is 28.3 Å². The predicted molar refractivity (Wildman–Crippen MR) is 109 cm³/mol. The number of anilines is 1. The van der Waals surface area contributed by atoms with Crippen molar-refractivity contribution in [3.05, 3.63) is 51.5 Å². The van der Waals surface area contributed by atoms with E-state index in [0.717, 1.165) is 15.3 Å². The number of nitrogens with zero attached hydrogens (tertiary/aromatic N) is 2. The molecule has 0 bridgehead atoms. The third kappa shape index (κ3) is 3.52. The van der Waals surface area contributed by atoms with Crippen LogP contribution in [0.2, 0.25) is 10.0 Å². The number of hydrogen-bond acceptors (Lipinski definition) is 5. The molecule has 27 heavy (non-hydrogen) atoms. The Morgan fingerprint density at radius 1 is 1.22 bits per heavy atom. The highest BCUT2D eigenvalue weighted by Gasteiger charge is 2.35. The molecule has 0 saturated heterocycles. The summed E-state index contributed by atoms with van der Waals surface area (Å²) < 4.78 is 0.883. The minimum Gasteiger partial charge on any atom is -0.481 e. The van der Waals surface area contributed by atoms with Crippen LogP contribution in [0, 0.1) is 0 Å². The topological polar surface area (TPSA) is 70.5 Å². The Bertz CT molecular complexity index is 1070. The van der Waals surface area contributed by atoms with Crippen LogP contribution in [0.5, 0.6) is 0 Å². The van der Waals surface area contributed by atoms with Gasteiger partial charge >= 0.3 is 5.97 Å². The molecule has 0 spiro atoms. The van der Waals surface area contributed by atoms with E-state index < -0.39 is 11.2 Å². The van der Waals surface area contributed by atoms with Crippen LogP contribution in [0.4, 0.5) is 5.69 Å². The minimum atomic E-state index is -0.999. The minimum absolute atomic E-state index is 0.227. The van der Waals surface area contributed by atoms with Gasteiger partial charge in [-0.05, 0) is 24.3 Å². The first-order valence-corrected chi connectivity index (χ1v) is 10.4. The zero-order valence-electron chi connectivity index (χ0n) is 13.7. The first-order chi connectivity index (χ1) is 12.9. The van der Waals surface area contributed by atoms with Crippen LogP contribution in [0.3, 0.4) is 0 Å². The molecule has 2 aromatic carbocycles. The largest absolute Gasteiger partial charge is 0.481 e. The number of thioether (sulfide) groups is 1. The van der Waals surface area contributed by atoms with Crippen molar-refractivity contribution < 1.29 is 14.7 Å². The summed E-state index contributed by atoms with van der Waals surface area (Å²) >= 11 is 15.0. The first-order valence-electron chi connectivity index (χ1n) is 7.96. The standard InChI is InChI=1S/C18H12Cl2N2O3S2/c19-9-5-6-12-17(16(9)20)21-14(27-12)8-22-10-3-1-2-4-11(10)26-13(18(22)25)7-15(23)24/h1-6,13H,7-8H2,(H,23,24). The van der Waals surface area contributed by atoms with E-state index in [1.165, 1.54) is 23.1 Å². The van der Waals surface area contributed by atoms with Crippen molar-refractivity contribution in [2.45, 2.75) is 23.1 Å². The highest BCUT2D eigenvalue weighted by atomic mass is 35.5. The van der Waals surface area contributed by atoms with Crippen molar-refractivity contribution in [2.75, 3.05) is 4.90 Å². The van der Waals surface area contributed by atoms with Crippen molar-refractivity contribution >= 4 is 74.1 Å². The van der Waals surface area contributed by atoms with Crippen molar-refractivity contribution in [1.29, 1.82) is 0 Å². The molecule has 0 fully saturated rings. The summed E-state index contributed by atoms with van der Waals surface area (Å²) in [5.74, 6) is -1.23. The van der Waals surface area contributed by atoms with E-state index in [1.54, 1.807) is 11.0 Å². The van der Waals surface area contributed by atoms with Gasteiger partial charge < -0.3 is 10.0 Å². The molecule has 2 heterocycles. The summed E-state index contributed by atoms with van der Waals surface area (Å²) in [5, 5.41) is 10.0. The zero-order chi connectivity index (χ0) is 19.1. The quantitative estimate of drug-likeness (QED) is 0.614. The molecular weight excluding hydrogens is 427 g/mol. The maximum absolute atomic E-state index is 12.9. The number of thiazole rings is 1. The Kier molecular flexibility index (Phi) is 5.03. The highest BCUT2D eigenvalue weighted by Crippen LogP contribution is 2.41. The number of rotatable bonds is 4. The van der Waals surface area contributed by atoms with Gasteiger partial charge in [0.15, 0.2) is 0 Å². The second-order valence-corrected chi connectivity index (χ2v) is 9.06. The van der Waals surface area contributed by atoms with Gasteiger partial charge in [-0.2, -0.15) is 0 Å². The Balaban J connectivity index is 1.72. The molecule has 1 atom stereocenters. The first kappa shape index (κ1) is 18.6. The summed E-state index contributed by atoms with van der Waals surface area (Å²) in [6, 6.07) is 11.0. The van der Waals surface area contributed by atoms with E-state index in [1.807, 2.05) is 30.3 Å². The average molecular weight is 439 g/mol.